The van der Waals surface area contributed by atoms with Crippen LogP contribution < -0.4 is 21.5 Å². The van der Waals surface area contributed by atoms with E-state index < -0.39 is 0 Å². The van der Waals surface area contributed by atoms with Crippen LogP contribution in [0.15, 0.2) is 21.9 Å². The molecule has 0 unspecified atom stereocenters. The highest BCUT2D eigenvalue weighted by Crippen LogP contribution is 2.34. The predicted molar refractivity (Wildman–Crippen MR) is 92.7 cm³/mol. The molecule has 0 aromatic carbocycles. The van der Waals surface area contributed by atoms with Crippen molar-refractivity contribution in [3.05, 3.63) is 38.8 Å². The Kier molecular flexibility index (Phi) is 3.95. The lowest BCUT2D eigenvalue weighted by Gasteiger charge is -2.21. The summed E-state index contributed by atoms with van der Waals surface area (Å²) >= 11 is 0. The van der Waals surface area contributed by atoms with Crippen LogP contribution in [-0.2, 0) is 20.6 Å². The summed E-state index contributed by atoms with van der Waals surface area (Å²) in [7, 11) is 3.21. The van der Waals surface area contributed by atoms with Crippen LogP contribution in [0.2, 0.25) is 0 Å². The highest BCUT2D eigenvalue weighted by Gasteiger charge is 2.28. The summed E-state index contributed by atoms with van der Waals surface area (Å²) in [5.41, 5.74) is 0.550. The first-order chi connectivity index (χ1) is 12.0. The zero-order valence-corrected chi connectivity index (χ0v) is 14.6. The summed E-state index contributed by atoms with van der Waals surface area (Å²) in [6.07, 6.45) is 5.16. The van der Waals surface area contributed by atoms with E-state index in [0.717, 1.165) is 36.3 Å². The van der Waals surface area contributed by atoms with Gasteiger partial charge in [0.15, 0.2) is 0 Å². The average Bonchev–Trinajstić information content (AvgIpc) is 3.16. The van der Waals surface area contributed by atoms with E-state index in [4.69, 9.17) is 0 Å². The lowest BCUT2D eigenvalue weighted by Crippen LogP contribution is -2.40. The van der Waals surface area contributed by atoms with Gasteiger partial charge in [0.1, 0.15) is 5.82 Å². The Hall–Kier alpha value is -2.42. The fraction of sp³-hybridized carbons (Fsp3) is 0.625. The van der Waals surface area contributed by atoms with Crippen molar-refractivity contribution in [3.8, 4) is 0 Å². The second-order valence-corrected chi connectivity index (χ2v) is 6.95. The molecule has 2 aliphatic rings. The quantitative estimate of drug-likeness (QED) is 0.777. The molecule has 1 saturated heterocycles. The summed E-state index contributed by atoms with van der Waals surface area (Å²) in [6.45, 7) is 2.32. The first-order valence-electron chi connectivity index (χ1n) is 8.69. The van der Waals surface area contributed by atoms with Crippen molar-refractivity contribution in [2.75, 3.05) is 18.0 Å². The van der Waals surface area contributed by atoms with Crippen molar-refractivity contribution in [1.29, 1.82) is 0 Å². The number of hydrogen-bond donors (Lipinski definition) is 1. The lowest BCUT2D eigenvalue weighted by atomic mass is 10.2. The van der Waals surface area contributed by atoms with E-state index in [1.165, 1.54) is 30.5 Å². The van der Waals surface area contributed by atoms with E-state index in [9.17, 15) is 9.59 Å². The maximum absolute atomic E-state index is 12.1. The molecule has 3 heterocycles. The summed E-state index contributed by atoms with van der Waals surface area (Å²) in [5, 5.41) is 11.7. The van der Waals surface area contributed by atoms with Gasteiger partial charge in [-0.3, -0.25) is 13.9 Å². The number of nitrogens with one attached hydrogen (secondary N) is 1. The molecule has 2 aromatic rings. The molecule has 1 saturated carbocycles. The molecule has 0 radical (unpaired) electrons. The molecule has 2 fully saturated rings. The van der Waals surface area contributed by atoms with Gasteiger partial charge in [-0.25, -0.2) is 9.48 Å². The van der Waals surface area contributed by atoms with Crippen LogP contribution in [0.5, 0.6) is 0 Å². The fourth-order valence-electron chi connectivity index (χ4n) is 3.43. The van der Waals surface area contributed by atoms with E-state index in [0.29, 0.717) is 17.9 Å². The molecule has 134 valence electrons. The third kappa shape index (κ3) is 2.99. The summed E-state index contributed by atoms with van der Waals surface area (Å²) < 4.78 is 4.68. The number of aromatic nitrogens is 5. The van der Waals surface area contributed by atoms with Gasteiger partial charge in [0, 0.05) is 45.8 Å². The van der Waals surface area contributed by atoms with Crippen LogP contribution in [0.1, 0.15) is 31.0 Å². The molecule has 25 heavy (non-hydrogen) atoms. The van der Waals surface area contributed by atoms with Crippen LogP contribution in [-0.4, -0.2) is 43.3 Å². The van der Waals surface area contributed by atoms with Crippen molar-refractivity contribution in [2.45, 2.75) is 37.9 Å². The smallest absolute Gasteiger partial charge is 0.332 e. The Morgan fingerprint density at radius 3 is 2.76 bits per heavy atom. The Labute approximate surface area is 144 Å². The van der Waals surface area contributed by atoms with Crippen molar-refractivity contribution in [3.63, 3.8) is 0 Å². The molecular formula is C16H23N7O2. The predicted octanol–water partition coefficient (Wildman–Crippen LogP) is -0.621. The molecule has 0 spiro atoms. The Morgan fingerprint density at radius 2 is 2.00 bits per heavy atom. The number of hydrogen-bond acceptors (Lipinski definition) is 6. The second kappa shape index (κ2) is 6.14. The summed E-state index contributed by atoms with van der Waals surface area (Å²) in [4.78, 5) is 26.1. The minimum atomic E-state index is -0.293. The molecular weight excluding hydrogens is 322 g/mol. The van der Waals surface area contributed by atoms with Crippen molar-refractivity contribution in [1.82, 2.24) is 29.4 Å². The molecule has 0 bridgehead atoms. The Bertz CT molecular complexity index is 893. The number of nitrogens with zero attached hydrogens (tertiary/aromatic N) is 6. The molecule has 1 aliphatic carbocycles. The van der Waals surface area contributed by atoms with Gasteiger partial charge in [0.2, 0.25) is 0 Å². The van der Waals surface area contributed by atoms with Gasteiger partial charge < -0.3 is 10.2 Å². The monoisotopic (exact) mass is 345 g/mol. The Morgan fingerprint density at radius 1 is 1.20 bits per heavy atom. The van der Waals surface area contributed by atoms with Crippen LogP contribution in [0.25, 0.3) is 0 Å². The average molecular weight is 345 g/mol. The number of anilines is 1. The zero-order valence-electron chi connectivity index (χ0n) is 14.6. The lowest BCUT2D eigenvalue weighted by molar-refractivity contribution is 0.509. The number of rotatable bonds is 5. The normalized spacial score (nSPS) is 20.4. The van der Waals surface area contributed by atoms with Crippen LogP contribution >= 0.6 is 0 Å². The molecule has 1 N–H and O–H groups in total. The minimum absolute atomic E-state index is 0.270. The molecule has 1 atom stereocenters. The van der Waals surface area contributed by atoms with Crippen LogP contribution in [0, 0.1) is 0 Å². The highest BCUT2D eigenvalue weighted by atomic mass is 16.2. The van der Waals surface area contributed by atoms with Gasteiger partial charge in [0.25, 0.3) is 5.56 Å². The molecule has 1 aliphatic heterocycles. The first-order valence-corrected chi connectivity index (χ1v) is 8.69. The highest BCUT2D eigenvalue weighted by molar-refractivity contribution is 5.40. The van der Waals surface area contributed by atoms with Crippen molar-refractivity contribution < 1.29 is 0 Å². The first kappa shape index (κ1) is 16.1. The standard InChI is InChI=1S/C16H23N7O2/c1-20-14(7-15(24)21(2)16(20)25)22-6-5-11(10-22)17-8-13-9-18-19-23(13)12-3-4-12/h7,9,11-12,17H,3-6,8,10H2,1-2H3/t11-/m1/s1. The molecule has 0 amide bonds. The molecule has 9 nitrogen and oxygen atoms in total. The van der Waals surface area contributed by atoms with Gasteiger partial charge in [-0.15, -0.1) is 5.10 Å². The van der Waals surface area contributed by atoms with Crippen molar-refractivity contribution in [2.24, 2.45) is 14.1 Å². The van der Waals surface area contributed by atoms with Gasteiger partial charge in [-0.2, -0.15) is 0 Å². The van der Waals surface area contributed by atoms with E-state index in [1.54, 1.807) is 7.05 Å². The van der Waals surface area contributed by atoms with Crippen LogP contribution in [0.4, 0.5) is 5.82 Å². The van der Waals surface area contributed by atoms with Crippen molar-refractivity contribution >= 4 is 5.82 Å². The third-order valence-corrected chi connectivity index (χ3v) is 5.13. The van der Waals surface area contributed by atoms with Gasteiger partial charge in [-0.05, 0) is 19.3 Å². The Balaban J connectivity index is 1.42. The maximum atomic E-state index is 12.1. The minimum Gasteiger partial charge on any atom is -0.356 e. The fourth-order valence-corrected chi connectivity index (χ4v) is 3.43. The SMILES string of the molecule is Cn1c(N2CC[C@@H](NCc3cnnn3C3CC3)C2)cc(=O)n(C)c1=O. The van der Waals surface area contributed by atoms with Gasteiger partial charge in [0.05, 0.1) is 17.9 Å². The topological polar surface area (TPSA) is 90.0 Å². The van der Waals surface area contributed by atoms with Gasteiger partial charge in [-0.1, -0.05) is 5.21 Å². The zero-order chi connectivity index (χ0) is 17.6. The van der Waals surface area contributed by atoms with E-state index in [1.807, 2.05) is 10.9 Å². The molecule has 4 rings (SSSR count). The summed E-state index contributed by atoms with van der Waals surface area (Å²) in [6, 6.07) is 2.37. The van der Waals surface area contributed by atoms with E-state index >= 15 is 0 Å². The van der Waals surface area contributed by atoms with E-state index in [2.05, 4.69) is 20.5 Å². The second-order valence-electron chi connectivity index (χ2n) is 6.95. The maximum Gasteiger partial charge on any atom is 0.332 e. The third-order valence-electron chi connectivity index (χ3n) is 5.13. The van der Waals surface area contributed by atoms with E-state index in [-0.39, 0.29) is 11.2 Å². The molecule has 9 heteroatoms. The van der Waals surface area contributed by atoms with Crippen LogP contribution in [0.3, 0.4) is 0 Å². The molecule has 2 aromatic heterocycles. The van der Waals surface area contributed by atoms with Gasteiger partial charge >= 0.3 is 5.69 Å². The largest absolute Gasteiger partial charge is 0.356 e. The summed E-state index contributed by atoms with van der Waals surface area (Å²) in [5.74, 6) is 0.682.